The van der Waals surface area contributed by atoms with Crippen LogP contribution in [-0.2, 0) is 6.42 Å². The zero-order valence-corrected chi connectivity index (χ0v) is 11.2. The van der Waals surface area contributed by atoms with E-state index in [1.165, 1.54) is 30.3 Å². The first-order chi connectivity index (χ1) is 10.1. The van der Waals surface area contributed by atoms with E-state index in [-0.39, 0.29) is 17.1 Å². The van der Waals surface area contributed by atoms with Crippen molar-refractivity contribution in [2.24, 2.45) is 5.84 Å². The van der Waals surface area contributed by atoms with Gasteiger partial charge in [-0.05, 0) is 36.2 Å². The highest BCUT2D eigenvalue weighted by atomic mass is 19.1. The fourth-order valence-electron chi connectivity index (χ4n) is 1.97. The van der Waals surface area contributed by atoms with Crippen LogP contribution >= 0.6 is 0 Å². The Bertz CT molecular complexity index is 647. The van der Waals surface area contributed by atoms with E-state index < -0.39 is 11.7 Å². The highest BCUT2D eigenvalue weighted by molar-refractivity contribution is 5.99. The maximum atomic E-state index is 13.5. The van der Waals surface area contributed by atoms with Gasteiger partial charge in [0.15, 0.2) is 0 Å². The van der Waals surface area contributed by atoms with E-state index in [2.05, 4.69) is 10.7 Å². The van der Waals surface area contributed by atoms with Crippen molar-refractivity contribution in [3.05, 3.63) is 65.2 Å². The molecule has 0 heterocycles. The van der Waals surface area contributed by atoms with E-state index in [9.17, 15) is 13.6 Å². The van der Waals surface area contributed by atoms with Gasteiger partial charge in [-0.2, -0.15) is 0 Å². The van der Waals surface area contributed by atoms with Crippen LogP contribution in [0.1, 0.15) is 15.9 Å². The lowest BCUT2D eigenvalue weighted by atomic mass is 10.1. The van der Waals surface area contributed by atoms with Crippen molar-refractivity contribution in [2.45, 2.75) is 6.42 Å². The summed E-state index contributed by atoms with van der Waals surface area (Å²) >= 11 is 0. The fourth-order valence-corrected chi connectivity index (χ4v) is 1.97. The Morgan fingerprint density at radius 1 is 1.14 bits per heavy atom. The summed E-state index contributed by atoms with van der Waals surface area (Å²) in [4.78, 5) is 12.0. The molecule has 1 amide bonds. The minimum absolute atomic E-state index is 0.0549. The number of nitrogens with one attached hydrogen (secondary N) is 2. The van der Waals surface area contributed by atoms with Gasteiger partial charge in [0, 0.05) is 6.54 Å². The number of para-hydroxylation sites is 1. The van der Waals surface area contributed by atoms with Gasteiger partial charge in [-0.15, -0.1) is 0 Å². The molecule has 0 saturated heterocycles. The number of halogens is 2. The maximum Gasteiger partial charge on any atom is 0.253 e. The Hall–Kier alpha value is -2.47. The maximum absolute atomic E-state index is 13.5. The summed E-state index contributed by atoms with van der Waals surface area (Å²) in [6.45, 7) is 0.308. The molecular formula is C15H15F2N3O. The summed E-state index contributed by atoms with van der Waals surface area (Å²) in [6, 6.07) is 10.2. The molecule has 0 bridgehead atoms. The third-order valence-corrected chi connectivity index (χ3v) is 2.99. The minimum atomic E-state index is -0.602. The molecule has 0 aliphatic heterocycles. The van der Waals surface area contributed by atoms with Gasteiger partial charge in [-0.3, -0.25) is 10.6 Å². The molecule has 2 rings (SSSR count). The zero-order valence-electron chi connectivity index (χ0n) is 11.2. The third-order valence-electron chi connectivity index (χ3n) is 2.99. The van der Waals surface area contributed by atoms with Gasteiger partial charge >= 0.3 is 0 Å². The smallest absolute Gasteiger partial charge is 0.253 e. The number of hydrogen-bond acceptors (Lipinski definition) is 3. The molecule has 0 fully saturated rings. The predicted molar refractivity (Wildman–Crippen MR) is 76.6 cm³/mol. The van der Waals surface area contributed by atoms with Gasteiger partial charge < -0.3 is 10.7 Å². The van der Waals surface area contributed by atoms with E-state index in [0.717, 1.165) is 5.56 Å². The van der Waals surface area contributed by atoms with Gasteiger partial charge in [-0.1, -0.05) is 18.2 Å². The number of carbonyl (C=O) groups is 1. The number of nitrogens with two attached hydrogens (primary N) is 1. The van der Waals surface area contributed by atoms with Gasteiger partial charge in [-0.25, -0.2) is 8.78 Å². The van der Waals surface area contributed by atoms with Crippen LogP contribution in [0.4, 0.5) is 14.5 Å². The number of carbonyl (C=O) groups excluding carboxylic acids is 1. The molecule has 0 spiro atoms. The number of rotatable bonds is 5. The van der Waals surface area contributed by atoms with Crippen molar-refractivity contribution in [3.63, 3.8) is 0 Å². The van der Waals surface area contributed by atoms with Crippen molar-refractivity contribution in [2.75, 3.05) is 12.0 Å². The van der Waals surface area contributed by atoms with Crippen LogP contribution in [-0.4, -0.2) is 12.5 Å². The molecule has 2 aromatic rings. The molecule has 4 N–H and O–H groups in total. The first kappa shape index (κ1) is 14.9. The van der Waals surface area contributed by atoms with Gasteiger partial charge in [0.05, 0.1) is 11.3 Å². The van der Waals surface area contributed by atoms with Crippen molar-refractivity contribution < 1.29 is 13.6 Å². The van der Waals surface area contributed by atoms with Crippen LogP contribution in [0.3, 0.4) is 0 Å². The molecule has 0 saturated carbocycles. The molecule has 21 heavy (non-hydrogen) atoms. The van der Waals surface area contributed by atoms with Crippen molar-refractivity contribution in [3.8, 4) is 0 Å². The summed E-state index contributed by atoms with van der Waals surface area (Å²) in [5.74, 6) is 3.85. The number of anilines is 1. The third kappa shape index (κ3) is 3.76. The average molecular weight is 291 g/mol. The van der Waals surface area contributed by atoms with Crippen LogP contribution in [0.15, 0.2) is 42.5 Å². The first-order valence-electron chi connectivity index (χ1n) is 6.39. The monoisotopic (exact) mass is 291 g/mol. The van der Waals surface area contributed by atoms with E-state index in [4.69, 9.17) is 5.84 Å². The molecule has 110 valence electrons. The Morgan fingerprint density at radius 2 is 1.90 bits per heavy atom. The second-order valence-electron chi connectivity index (χ2n) is 4.44. The lowest BCUT2D eigenvalue weighted by Crippen LogP contribution is -2.27. The van der Waals surface area contributed by atoms with Gasteiger partial charge in [0.1, 0.15) is 11.6 Å². The summed E-state index contributed by atoms with van der Waals surface area (Å²) in [5.41, 5.74) is 3.01. The van der Waals surface area contributed by atoms with Crippen molar-refractivity contribution in [1.29, 1.82) is 0 Å². The Labute approximate surface area is 120 Å². The van der Waals surface area contributed by atoms with Crippen LogP contribution in [0, 0.1) is 11.6 Å². The van der Waals surface area contributed by atoms with Crippen LogP contribution in [0.2, 0.25) is 0 Å². The number of hydrazine groups is 1. The quantitative estimate of drug-likeness (QED) is 0.584. The van der Waals surface area contributed by atoms with Crippen molar-refractivity contribution >= 4 is 11.6 Å². The largest absolute Gasteiger partial charge is 0.352 e. The molecule has 2 aromatic carbocycles. The summed E-state index contributed by atoms with van der Waals surface area (Å²) < 4.78 is 26.5. The summed E-state index contributed by atoms with van der Waals surface area (Å²) in [5, 5.41) is 2.65. The average Bonchev–Trinajstić information content (AvgIpc) is 2.47. The molecule has 0 radical (unpaired) electrons. The molecule has 0 aromatic heterocycles. The highest BCUT2D eigenvalue weighted by Gasteiger charge is 2.13. The predicted octanol–water partition coefficient (Wildman–Crippen LogP) is 2.22. The normalized spacial score (nSPS) is 10.2. The van der Waals surface area contributed by atoms with Crippen LogP contribution in [0.25, 0.3) is 0 Å². The number of hydrogen-bond donors (Lipinski definition) is 3. The van der Waals surface area contributed by atoms with Crippen LogP contribution in [0.5, 0.6) is 0 Å². The zero-order chi connectivity index (χ0) is 15.2. The number of amides is 1. The molecule has 0 atom stereocenters. The van der Waals surface area contributed by atoms with Crippen molar-refractivity contribution in [1.82, 2.24) is 5.32 Å². The second-order valence-corrected chi connectivity index (χ2v) is 4.44. The highest BCUT2D eigenvalue weighted by Crippen LogP contribution is 2.18. The Balaban J connectivity index is 1.98. The Morgan fingerprint density at radius 3 is 2.62 bits per heavy atom. The Kier molecular flexibility index (Phi) is 4.84. The first-order valence-corrected chi connectivity index (χ1v) is 6.39. The molecular weight excluding hydrogens is 276 g/mol. The fraction of sp³-hybridized carbons (Fsp3) is 0.133. The minimum Gasteiger partial charge on any atom is -0.352 e. The number of benzene rings is 2. The second kappa shape index (κ2) is 6.81. The van der Waals surface area contributed by atoms with Gasteiger partial charge in [0.2, 0.25) is 0 Å². The lowest BCUT2D eigenvalue weighted by molar-refractivity contribution is 0.0954. The molecule has 0 aliphatic rings. The van der Waals surface area contributed by atoms with E-state index in [0.29, 0.717) is 13.0 Å². The molecule has 6 heteroatoms. The van der Waals surface area contributed by atoms with Gasteiger partial charge in [0.25, 0.3) is 5.91 Å². The topological polar surface area (TPSA) is 67.1 Å². The van der Waals surface area contributed by atoms with Crippen LogP contribution < -0.4 is 16.6 Å². The van der Waals surface area contributed by atoms with E-state index >= 15 is 0 Å². The van der Waals surface area contributed by atoms with E-state index in [1.54, 1.807) is 12.1 Å². The SMILES string of the molecule is NNc1c(F)cccc1C(=O)NCCc1cccc(F)c1. The van der Waals surface area contributed by atoms with E-state index in [1.807, 2.05) is 0 Å². The summed E-state index contributed by atoms with van der Waals surface area (Å²) in [7, 11) is 0. The standard InChI is InChI=1S/C15H15F2N3O/c16-11-4-1-3-10(9-11)7-8-19-15(21)12-5-2-6-13(17)14(12)20-18/h1-6,9,20H,7-8,18H2,(H,19,21). The molecule has 0 unspecified atom stereocenters. The lowest BCUT2D eigenvalue weighted by Gasteiger charge is -2.10. The molecule has 0 aliphatic carbocycles. The molecule has 4 nitrogen and oxygen atoms in total. The number of nitrogen functional groups attached to an aromatic ring is 1. The summed E-state index contributed by atoms with van der Waals surface area (Å²) in [6.07, 6.45) is 0.476.